The molecule has 0 atom stereocenters. The van der Waals surface area contributed by atoms with E-state index < -0.39 is 0 Å². The molecule has 1 aliphatic rings. The fourth-order valence-corrected chi connectivity index (χ4v) is 3.31. The van der Waals surface area contributed by atoms with Gasteiger partial charge in [0.1, 0.15) is 5.82 Å². The Hall–Kier alpha value is -2.40. The molecule has 24 heavy (non-hydrogen) atoms. The van der Waals surface area contributed by atoms with Crippen LogP contribution in [0.2, 0.25) is 0 Å². The number of rotatable bonds is 5. The molecule has 4 rings (SSSR count). The van der Waals surface area contributed by atoms with Gasteiger partial charge in [0.2, 0.25) is 0 Å². The van der Waals surface area contributed by atoms with Gasteiger partial charge in [-0.3, -0.25) is 4.68 Å². The van der Waals surface area contributed by atoms with Gasteiger partial charge in [-0.15, -0.1) is 0 Å². The standard InChI is InChI=1S/C19H22N4O/c1-3-17(15-23-9-2-7-21-23)13-18(4-1)19-20-8-10-22(19)14-16-5-11-24-12-6-16/h1-4,7-10,13,16H,5-6,11-12,14-15H2. The Balaban J connectivity index is 1.54. The quantitative estimate of drug-likeness (QED) is 0.724. The Kier molecular flexibility index (Phi) is 4.42. The van der Waals surface area contributed by atoms with Gasteiger partial charge in [-0.1, -0.05) is 18.2 Å². The topological polar surface area (TPSA) is 44.9 Å². The van der Waals surface area contributed by atoms with Gasteiger partial charge in [0.05, 0.1) is 6.54 Å². The fourth-order valence-electron chi connectivity index (χ4n) is 3.31. The average Bonchev–Trinajstić information content (AvgIpc) is 3.28. The van der Waals surface area contributed by atoms with Crippen molar-refractivity contribution in [1.29, 1.82) is 0 Å². The molecule has 3 aromatic rings. The van der Waals surface area contributed by atoms with Crippen molar-refractivity contribution in [2.24, 2.45) is 5.92 Å². The van der Waals surface area contributed by atoms with Crippen molar-refractivity contribution in [1.82, 2.24) is 19.3 Å². The molecule has 0 bridgehead atoms. The summed E-state index contributed by atoms with van der Waals surface area (Å²) < 4.78 is 9.69. The van der Waals surface area contributed by atoms with E-state index in [-0.39, 0.29) is 0 Å². The summed E-state index contributed by atoms with van der Waals surface area (Å²) in [5.41, 5.74) is 2.40. The van der Waals surface area contributed by atoms with Crippen LogP contribution in [0.1, 0.15) is 18.4 Å². The van der Waals surface area contributed by atoms with Crippen molar-refractivity contribution < 1.29 is 4.74 Å². The second-order valence-electron chi connectivity index (χ2n) is 6.36. The highest BCUT2D eigenvalue weighted by Crippen LogP contribution is 2.23. The van der Waals surface area contributed by atoms with Gasteiger partial charge in [-0.2, -0.15) is 5.10 Å². The van der Waals surface area contributed by atoms with Gasteiger partial charge >= 0.3 is 0 Å². The molecule has 0 amide bonds. The molecule has 1 aromatic carbocycles. The van der Waals surface area contributed by atoms with Crippen molar-refractivity contribution in [3.8, 4) is 11.4 Å². The molecule has 0 aliphatic carbocycles. The van der Waals surface area contributed by atoms with Crippen LogP contribution in [-0.2, 0) is 17.8 Å². The highest BCUT2D eigenvalue weighted by molar-refractivity contribution is 5.56. The third-order valence-electron chi connectivity index (χ3n) is 4.60. The Labute approximate surface area is 141 Å². The SMILES string of the molecule is c1cc(Cn2cccn2)cc(-c2nccn2CC2CCOCC2)c1. The molecule has 3 heterocycles. The van der Waals surface area contributed by atoms with Gasteiger partial charge in [0.25, 0.3) is 0 Å². The lowest BCUT2D eigenvalue weighted by Crippen LogP contribution is -2.20. The third kappa shape index (κ3) is 3.41. The largest absolute Gasteiger partial charge is 0.381 e. The molecule has 0 radical (unpaired) electrons. The molecule has 0 spiro atoms. The minimum atomic E-state index is 0.680. The number of nitrogens with zero attached hydrogens (tertiary/aromatic N) is 4. The minimum absolute atomic E-state index is 0.680. The molecule has 5 heteroatoms. The maximum absolute atomic E-state index is 5.47. The molecule has 0 N–H and O–H groups in total. The molecule has 1 aliphatic heterocycles. The molecule has 2 aromatic heterocycles. The first-order valence-electron chi connectivity index (χ1n) is 8.54. The number of benzene rings is 1. The highest BCUT2D eigenvalue weighted by Gasteiger charge is 2.16. The molecule has 124 valence electrons. The Morgan fingerprint density at radius 3 is 2.83 bits per heavy atom. The smallest absolute Gasteiger partial charge is 0.139 e. The van der Waals surface area contributed by atoms with Gasteiger partial charge in [-0.25, -0.2) is 4.98 Å². The zero-order chi connectivity index (χ0) is 16.2. The van der Waals surface area contributed by atoms with Crippen molar-refractivity contribution in [3.05, 3.63) is 60.7 Å². The Morgan fingerprint density at radius 2 is 2.00 bits per heavy atom. The van der Waals surface area contributed by atoms with E-state index in [1.807, 2.05) is 29.3 Å². The highest BCUT2D eigenvalue weighted by atomic mass is 16.5. The maximum Gasteiger partial charge on any atom is 0.139 e. The van der Waals surface area contributed by atoms with Crippen LogP contribution in [0, 0.1) is 5.92 Å². The normalized spacial score (nSPS) is 15.7. The first-order chi connectivity index (χ1) is 11.9. The van der Waals surface area contributed by atoms with E-state index in [0.29, 0.717) is 5.92 Å². The second-order valence-corrected chi connectivity index (χ2v) is 6.36. The Bertz CT molecular complexity index is 772. The molecular weight excluding hydrogens is 300 g/mol. The number of ether oxygens (including phenoxy) is 1. The summed E-state index contributed by atoms with van der Waals surface area (Å²) in [7, 11) is 0. The summed E-state index contributed by atoms with van der Waals surface area (Å²) in [6.07, 6.45) is 10.1. The van der Waals surface area contributed by atoms with E-state index in [9.17, 15) is 0 Å². The summed E-state index contributed by atoms with van der Waals surface area (Å²) >= 11 is 0. The third-order valence-corrected chi connectivity index (χ3v) is 4.60. The van der Waals surface area contributed by atoms with E-state index in [2.05, 4.69) is 45.1 Å². The first kappa shape index (κ1) is 15.1. The summed E-state index contributed by atoms with van der Waals surface area (Å²) in [6.45, 7) is 3.56. The monoisotopic (exact) mass is 322 g/mol. The molecule has 0 saturated carbocycles. The van der Waals surface area contributed by atoms with Crippen LogP contribution in [0.25, 0.3) is 11.4 Å². The van der Waals surface area contributed by atoms with Gasteiger partial charge in [0.15, 0.2) is 0 Å². The number of aromatic nitrogens is 4. The zero-order valence-corrected chi connectivity index (χ0v) is 13.7. The molecule has 1 saturated heterocycles. The van der Waals surface area contributed by atoms with Gasteiger partial charge < -0.3 is 9.30 Å². The molecule has 5 nitrogen and oxygen atoms in total. The van der Waals surface area contributed by atoms with Crippen LogP contribution >= 0.6 is 0 Å². The fraction of sp³-hybridized carbons (Fsp3) is 0.368. The van der Waals surface area contributed by atoms with E-state index in [1.165, 1.54) is 5.56 Å². The lowest BCUT2D eigenvalue weighted by atomic mass is 10.00. The number of hydrogen-bond acceptors (Lipinski definition) is 3. The van der Waals surface area contributed by atoms with Crippen molar-refractivity contribution >= 4 is 0 Å². The molecule has 1 fully saturated rings. The molecular formula is C19H22N4O. The lowest BCUT2D eigenvalue weighted by molar-refractivity contribution is 0.0614. The van der Waals surface area contributed by atoms with Gasteiger partial charge in [0, 0.05) is 50.1 Å². The molecule has 0 unspecified atom stereocenters. The van der Waals surface area contributed by atoms with Crippen LogP contribution in [-0.4, -0.2) is 32.5 Å². The van der Waals surface area contributed by atoms with Crippen molar-refractivity contribution in [2.45, 2.75) is 25.9 Å². The van der Waals surface area contributed by atoms with Crippen LogP contribution in [0.15, 0.2) is 55.1 Å². The number of hydrogen-bond donors (Lipinski definition) is 0. The van der Waals surface area contributed by atoms with Crippen LogP contribution in [0.5, 0.6) is 0 Å². The first-order valence-corrected chi connectivity index (χ1v) is 8.54. The predicted octanol–water partition coefficient (Wildman–Crippen LogP) is 3.22. The van der Waals surface area contributed by atoms with Crippen molar-refractivity contribution in [3.63, 3.8) is 0 Å². The van der Waals surface area contributed by atoms with Crippen molar-refractivity contribution in [2.75, 3.05) is 13.2 Å². The number of imidazole rings is 1. The summed E-state index contributed by atoms with van der Waals surface area (Å²) in [5, 5.41) is 4.28. The van der Waals surface area contributed by atoms with Crippen LogP contribution in [0.3, 0.4) is 0 Å². The van der Waals surface area contributed by atoms with Crippen LogP contribution in [0.4, 0.5) is 0 Å². The Morgan fingerprint density at radius 1 is 1.08 bits per heavy atom. The van der Waals surface area contributed by atoms with Crippen LogP contribution < -0.4 is 0 Å². The minimum Gasteiger partial charge on any atom is -0.381 e. The lowest BCUT2D eigenvalue weighted by Gasteiger charge is -2.23. The zero-order valence-electron chi connectivity index (χ0n) is 13.7. The van der Waals surface area contributed by atoms with E-state index in [1.54, 1.807) is 0 Å². The van der Waals surface area contributed by atoms with Gasteiger partial charge in [-0.05, 0) is 36.5 Å². The predicted molar refractivity (Wildman–Crippen MR) is 92.5 cm³/mol. The summed E-state index contributed by atoms with van der Waals surface area (Å²) in [5.74, 6) is 1.72. The second kappa shape index (κ2) is 7.01. The van der Waals surface area contributed by atoms with E-state index >= 15 is 0 Å². The summed E-state index contributed by atoms with van der Waals surface area (Å²) in [6, 6.07) is 10.5. The average molecular weight is 322 g/mol. The summed E-state index contributed by atoms with van der Waals surface area (Å²) in [4.78, 5) is 4.60. The van der Waals surface area contributed by atoms with E-state index in [4.69, 9.17) is 4.74 Å². The maximum atomic E-state index is 5.47. The van der Waals surface area contributed by atoms with E-state index in [0.717, 1.165) is 50.5 Å².